The van der Waals surface area contributed by atoms with Crippen molar-refractivity contribution in [2.24, 2.45) is 0 Å². The molecule has 3 heteroatoms. The van der Waals surface area contributed by atoms with E-state index >= 15 is 0 Å². The van der Waals surface area contributed by atoms with E-state index in [2.05, 4.69) is 18.3 Å². The quantitative estimate of drug-likeness (QED) is 0.694. The van der Waals surface area contributed by atoms with E-state index in [1.165, 1.54) is 5.57 Å². The monoisotopic (exact) mass is 229 g/mol. The van der Waals surface area contributed by atoms with Crippen LogP contribution in [0.15, 0.2) is 35.9 Å². The van der Waals surface area contributed by atoms with Crippen LogP contribution < -0.4 is 5.32 Å². The molecular formula is C14H15NO2. The number of hydrogen-bond donors (Lipinski definition) is 1. The zero-order valence-electron chi connectivity index (χ0n) is 9.99. The molecule has 0 saturated carbocycles. The SMILES string of the molecule is CC1=C[C@@H](C)O[C@@]2(C1)C(=O)Nc1ccccc12. The fraction of sp³-hybridized carbons (Fsp3) is 0.357. The van der Waals surface area contributed by atoms with Gasteiger partial charge in [0, 0.05) is 17.7 Å². The summed E-state index contributed by atoms with van der Waals surface area (Å²) in [7, 11) is 0. The van der Waals surface area contributed by atoms with E-state index < -0.39 is 5.60 Å². The zero-order valence-corrected chi connectivity index (χ0v) is 9.99. The molecule has 88 valence electrons. The molecule has 1 aromatic rings. The Labute approximate surface area is 100 Å². The van der Waals surface area contributed by atoms with Crippen LogP contribution >= 0.6 is 0 Å². The molecule has 0 saturated heterocycles. The Morgan fingerprint density at radius 1 is 1.41 bits per heavy atom. The Balaban J connectivity index is 2.14. The maximum absolute atomic E-state index is 12.2. The van der Waals surface area contributed by atoms with E-state index in [9.17, 15) is 4.79 Å². The zero-order chi connectivity index (χ0) is 12.0. The molecule has 0 fully saturated rings. The van der Waals surface area contributed by atoms with Crippen molar-refractivity contribution in [3.05, 3.63) is 41.5 Å². The van der Waals surface area contributed by atoms with Crippen molar-refractivity contribution in [1.82, 2.24) is 0 Å². The third-order valence-electron chi connectivity index (χ3n) is 3.41. The van der Waals surface area contributed by atoms with Crippen LogP contribution in [-0.4, -0.2) is 12.0 Å². The van der Waals surface area contributed by atoms with Gasteiger partial charge in [-0.15, -0.1) is 0 Å². The van der Waals surface area contributed by atoms with E-state index in [1.54, 1.807) is 0 Å². The average molecular weight is 229 g/mol. The Kier molecular flexibility index (Phi) is 2.13. The number of carbonyl (C=O) groups is 1. The molecule has 0 aromatic heterocycles. The predicted octanol–water partition coefficient (Wildman–Crippen LogP) is 2.59. The van der Waals surface area contributed by atoms with E-state index in [-0.39, 0.29) is 12.0 Å². The minimum atomic E-state index is -0.811. The van der Waals surface area contributed by atoms with Gasteiger partial charge in [-0.3, -0.25) is 4.79 Å². The van der Waals surface area contributed by atoms with Gasteiger partial charge < -0.3 is 10.1 Å². The average Bonchev–Trinajstić information content (AvgIpc) is 2.51. The van der Waals surface area contributed by atoms with E-state index in [0.29, 0.717) is 6.42 Å². The summed E-state index contributed by atoms with van der Waals surface area (Å²) in [6, 6.07) is 7.76. The topological polar surface area (TPSA) is 38.3 Å². The summed E-state index contributed by atoms with van der Waals surface area (Å²) >= 11 is 0. The van der Waals surface area contributed by atoms with Gasteiger partial charge in [-0.25, -0.2) is 0 Å². The maximum atomic E-state index is 12.2. The second kappa shape index (κ2) is 3.44. The summed E-state index contributed by atoms with van der Waals surface area (Å²) in [6.07, 6.45) is 2.68. The number of amides is 1. The fourth-order valence-corrected chi connectivity index (χ4v) is 2.83. The van der Waals surface area contributed by atoms with Crippen molar-refractivity contribution in [1.29, 1.82) is 0 Å². The molecule has 0 unspecified atom stereocenters. The standard InChI is InChI=1S/C14H15NO2/c1-9-7-10(2)17-14(8-9)11-5-3-4-6-12(11)15-13(14)16/h3-7,10H,8H2,1-2H3,(H,15,16)/t10-,14-/m1/s1. The van der Waals surface area contributed by atoms with Crippen LogP contribution in [0, 0.1) is 0 Å². The first-order valence-electron chi connectivity index (χ1n) is 5.88. The molecular weight excluding hydrogens is 214 g/mol. The Morgan fingerprint density at radius 2 is 2.18 bits per heavy atom. The maximum Gasteiger partial charge on any atom is 0.261 e. The lowest BCUT2D eigenvalue weighted by molar-refractivity contribution is -0.147. The molecule has 3 rings (SSSR count). The van der Waals surface area contributed by atoms with E-state index in [1.807, 2.05) is 31.2 Å². The number of benzene rings is 1. The number of carbonyl (C=O) groups excluding carboxylic acids is 1. The highest BCUT2D eigenvalue weighted by Crippen LogP contribution is 2.45. The first-order chi connectivity index (χ1) is 8.12. The number of hydrogen-bond acceptors (Lipinski definition) is 2. The second-order valence-corrected chi connectivity index (χ2v) is 4.84. The lowest BCUT2D eigenvalue weighted by atomic mass is 9.86. The smallest absolute Gasteiger partial charge is 0.261 e. The van der Waals surface area contributed by atoms with Crippen LogP contribution in [0.25, 0.3) is 0 Å². The Morgan fingerprint density at radius 3 is 2.94 bits per heavy atom. The summed E-state index contributed by atoms with van der Waals surface area (Å²) < 4.78 is 5.96. The van der Waals surface area contributed by atoms with Crippen LogP contribution in [0.3, 0.4) is 0 Å². The number of ether oxygens (including phenoxy) is 1. The van der Waals surface area contributed by atoms with Gasteiger partial charge in [0.05, 0.1) is 6.10 Å². The number of fused-ring (bicyclic) bond motifs is 2. The molecule has 17 heavy (non-hydrogen) atoms. The molecule has 1 spiro atoms. The van der Waals surface area contributed by atoms with Gasteiger partial charge >= 0.3 is 0 Å². The van der Waals surface area contributed by atoms with E-state index in [0.717, 1.165) is 11.3 Å². The van der Waals surface area contributed by atoms with Crippen molar-refractivity contribution < 1.29 is 9.53 Å². The van der Waals surface area contributed by atoms with E-state index in [4.69, 9.17) is 4.74 Å². The number of rotatable bonds is 0. The Bertz CT molecular complexity index is 521. The summed E-state index contributed by atoms with van der Waals surface area (Å²) in [5, 5.41) is 2.91. The molecule has 2 aliphatic heterocycles. The number of para-hydroxylation sites is 1. The summed E-state index contributed by atoms with van der Waals surface area (Å²) in [6.45, 7) is 4.02. The second-order valence-electron chi connectivity index (χ2n) is 4.84. The largest absolute Gasteiger partial charge is 0.353 e. The lowest BCUT2D eigenvalue weighted by Crippen LogP contribution is -2.42. The highest BCUT2D eigenvalue weighted by atomic mass is 16.5. The van der Waals surface area contributed by atoms with Crippen molar-refractivity contribution >= 4 is 11.6 Å². The molecule has 1 amide bonds. The first-order valence-corrected chi connectivity index (χ1v) is 5.88. The molecule has 1 aromatic carbocycles. The third kappa shape index (κ3) is 1.42. The van der Waals surface area contributed by atoms with Gasteiger partial charge in [0.2, 0.25) is 0 Å². The third-order valence-corrected chi connectivity index (χ3v) is 3.41. The summed E-state index contributed by atoms with van der Waals surface area (Å²) in [5.74, 6) is -0.0435. The molecule has 2 heterocycles. The van der Waals surface area contributed by atoms with Gasteiger partial charge in [0.15, 0.2) is 5.60 Å². The summed E-state index contributed by atoms with van der Waals surface area (Å²) in [5.41, 5.74) is 2.23. The first kappa shape index (κ1) is 10.5. The van der Waals surface area contributed by atoms with Crippen LogP contribution in [0.1, 0.15) is 25.8 Å². The van der Waals surface area contributed by atoms with Crippen LogP contribution in [0.4, 0.5) is 5.69 Å². The fourth-order valence-electron chi connectivity index (χ4n) is 2.83. The van der Waals surface area contributed by atoms with Gasteiger partial charge in [-0.05, 0) is 19.9 Å². The van der Waals surface area contributed by atoms with Crippen molar-refractivity contribution in [3.8, 4) is 0 Å². The molecule has 2 atom stereocenters. The van der Waals surface area contributed by atoms with Crippen LogP contribution in [0.5, 0.6) is 0 Å². The van der Waals surface area contributed by atoms with Crippen molar-refractivity contribution in [3.63, 3.8) is 0 Å². The van der Waals surface area contributed by atoms with Crippen LogP contribution in [0.2, 0.25) is 0 Å². The number of nitrogens with one attached hydrogen (secondary N) is 1. The van der Waals surface area contributed by atoms with Gasteiger partial charge in [-0.2, -0.15) is 0 Å². The minimum absolute atomic E-state index is 0.0272. The van der Waals surface area contributed by atoms with Crippen LogP contribution in [-0.2, 0) is 15.1 Å². The van der Waals surface area contributed by atoms with Gasteiger partial charge in [0.1, 0.15) is 0 Å². The molecule has 0 radical (unpaired) electrons. The lowest BCUT2D eigenvalue weighted by Gasteiger charge is -2.34. The van der Waals surface area contributed by atoms with Crippen molar-refractivity contribution in [2.45, 2.75) is 32.0 Å². The molecule has 1 N–H and O–H groups in total. The predicted molar refractivity (Wildman–Crippen MR) is 65.7 cm³/mol. The highest BCUT2D eigenvalue weighted by molar-refractivity contribution is 6.05. The summed E-state index contributed by atoms with van der Waals surface area (Å²) in [4.78, 5) is 12.2. The molecule has 3 nitrogen and oxygen atoms in total. The Hall–Kier alpha value is -1.61. The minimum Gasteiger partial charge on any atom is -0.353 e. The van der Waals surface area contributed by atoms with Gasteiger partial charge in [0.25, 0.3) is 5.91 Å². The molecule has 0 bridgehead atoms. The van der Waals surface area contributed by atoms with Gasteiger partial charge in [-0.1, -0.05) is 29.8 Å². The number of anilines is 1. The normalized spacial score (nSPS) is 31.1. The van der Waals surface area contributed by atoms with Crippen molar-refractivity contribution in [2.75, 3.05) is 5.32 Å². The molecule has 2 aliphatic rings. The molecule has 0 aliphatic carbocycles. The highest BCUT2D eigenvalue weighted by Gasteiger charge is 2.50.